The molecule has 138 valence electrons. The lowest BCUT2D eigenvalue weighted by molar-refractivity contribution is 0.0796. The van der Waals surface area contributed by atoms with Gasteiger partial charge in [0, 0.05) is 38.2 Å². The van der Waals surface area contributed by atoms with Crippen LogP contribution in [0, 0.1) is 11.6 Å². The number of anilines is 2. The molecule has 7 heteroatoms. The Balaban J connectivity index is 1.67. The summed E-state index contributed by atoms with van der Waals surface area (Å²) >= 11 is 0. The SMILES string of the molecule is CN(CCc1ccncc1)C(=O)c1cncc(Nc2ccc(F)cc2F)c1. The topological polar surface area (TPSA) is 58.1 Å². The zero-order chi connectivity index (χ0) is 19.2. The van der Waals surface area contributed by atoms with Crippen LogP contribution >= 0.6 is 0 Å². The number of halogens is 2. The summed E-state index contributed by atoms with van der Waals surface area (Å²) in [6, 6.07) is 8.63. The Morgan fingerprint density at radius 1 is 1.07 bits per heavy atom. The molecule has 0 bridgehead atoms. The van der Waals surface area contributed by atoms with Gasteiger partial charge in [-0.15, -0.1) is 0 Å². The predicted octanol–water partition coefficient (Wildman–Crippen LogP) is 3.81. The highest BCUT2D eigenvalue weighted by Crippen LogP contribution is 2.21. The number of likely N-dealkylation sites (N-methyl/N-ethyl adjacent to an activating group) is 1. The summed E-state index contributed by atoms with van der Waals surface area (Å²) in [4.78, 5) is 22.2. The van der Waals surface area contributed by atoms with Crippen molar-refractivity contribution in [1.82, 2.24) is 14.9 Å². The highest BCUT2D eigenvalue weighted by Gasteiger charge is 2.13. The normalized spacial score (nSPS) is 10.5. The first kappa shape index (κ1) is 18.4. The Hall–Kier alpha value is -3.35. The zero-order valence-corrected chi connectivity index (χ0v) is 14.7. The molecule has 0 saturated heterocycles. The van der Waals surface area contributed by atoms with Crippen LogP contribution in [-0.2, 0) is 6.42 Å². The molecule has 0 fully saturated rings. The Labute approximate surface area is 155 Å². The molecule has 3 rings (SSSR count). The number of pyridine rings is 2. The number of amides is 1. The van der Waals surface area contributed by atoms with Gasteiger partial charge in [0.1, 0.15) is 11.6 Å². The van der Waals surface area contributed by atoms with Crippen molar-refractivity contribution in [2.24, 2.45) is 0 Å². The minimum Gasteiger partial charge on any atom is -0.352 e. The van der Waals surface area contributed by atoms with E-state index in [0.29, 0.717) is 24.2 Å². The Morgan fingerprint density at radius 3 is 2.59 bits per heavy atom. The standard InChI is InChI=1S/C20H18F2N4O/c1-26(9-6-14-4-7-23-8-5-14)20(27)15-10-17(13-24-12-15)25-19-3-2-16(21)11-18(19)22/h2-5,7-8,10-13,25H,6,9H2,1H3. The minimum absolute atomic E-state index is 0.105. The molecule has 0 unspecified atom stereocenters. The molecule has 27 heavy (non-hydrogen) atoms. The maximum Gasteiger partial charge on any atom is 0.255 e. The van der Waals surface area contributed by atoms with E-state index in [1.54, 1.807) is 30.4 Å². The van der Waals surface area contributed by atoms with Gasteiger partial charge in [0.2, 0.25) is 0 Å². The summed E-state index contributed by atoms with van der Waals surface area (Å²) < 4.78 is 26.8. The van der Waals surface area contributed by atoms with Gasteiger partial charge < -0.3 is 10.2 Å². The van der Waals surface area contributed by atoms with Gasteiger partial charge in [0.25, 0.3) is 5.91 Å². The molecule has 2 heterocycles. The highest BCUT2D eigenvalue weighted by molar-refractivity contribution is 5.94. The molecule has 0 spiro atoms. The van der Waals surface area contributed by atoms with Crippen LogP contribution in [0.2, 0.25) is 0 Å². The third-order valence-electron chi connectivity index (χ3n) is 4.03. The molecular formula is C20H18F2N4O. The van der Waals surface area contributed by atoms with Crippen molar-refractivity contribution in [3.8, 4) is 0 Å². The highest BCUT2D eigenvalue weighted by atomic mass is 19.1. The van der Waals surface area contributed by atoms with Crippen molar-refractivity contribution >= 4 is 17.3 Å². The van der Waals surface area contributed by atoms with Gasteiger partial charge in [-0.3, -0.25) is 14.8 Å². The van der Waals surface area contributed by atoms with E-state index < -0.39 is 11.6 Å². The summed E-state index contributed by atoms with van der Waals surface area (Å²) in [7, 11) is 1.71. The summed E-state index contributed by atoms with van der Waals surface area (Å²) in [5.74, 6) is -1.57. The molecule has 3 aromatic rings. The van der Waals surface area contributed by atoms with Crippen LogP contribution in [0.15, 0.2) is 61.2 Å². The second kappa shape index (κ2) is 8.35. The molecular weight excluding hydrogens is 350 g/mol. The Bertz CT molecular complexity index is 934. The quantitative estimate of drug-likeness (QED) is 0.719. The van der Waals surface area contributed by atoms with E-state index in [9.17, 15) is 13.6 Å². The Kier molecular flexibility index (Phi) is 5.71. The van der Waals surface area contributed by atoms with E-state index >= 15 is 0 Å². The zero-order valence-electron chi connectivity index (χ0n) is 14.7. The summed E-state index contributed by atoms with van der Waals surface area (Å²) in [6.45, 7) is 0.535. The molecule has 0 aliphatic rings. The van der Waals surface area contributed by atoms with Gasteiger partial charge in [-0.1, -0.05) is 0 Å². The number of aromatic nitrogens is 2. The fourth-order valence-electron chi connectivity index (χ4n) is 2.54. The average Bonchev–Trinajstić information content (AvgIpc) is 2.69. The molecule has 5 nitrogen and oxygen atoms in total. The first-order valence-corrected chi connectivity index (χ1v) is 8.34. The lowest BCUT2D eigenvalue weighted by Crippen LogP contribution is -2.29. The largest absolute Gasteiger partial charge is 0.352 e. The number of rotatable bonds is 6. The van der Waals surface area contributed by atoms with Gasteiger partial charge in [-0.2, -0.15) is 0 Å². The number of benzene rings is 1. The smallest absolute Gasteiger partial charge is 0.255 e. The van der Waals surface area contributed by atoms with Gasteiger partial charge in [-0.05, 0) is 42.3 Å². The van der Waals surface area contributed by atoms with Crippen molar-refractivity contribution in [2.45, 2.75) is 6.42 Å². The average molecular weight is 368 g/mol. The number of nitrogens with zero attached hydrogens (tertiary/aromatic N) is 3. The van der Waals surface area contributed by atoms with E-state index in [1.807, 2.05) is 12.1 Å². The lowest BCUT2D eigenvalue weighted by atomic mass is 10.2. The van der Waals surface area contributed by atoms with Gasteiger partial charge in [0.15, 0.2) is 0 Å². The van der Waals surface area contributed by atoms with Crippen LogP contribution in [0.5, 0.6) is 0 Å². The number of nitrogens with one attached hydrogen (secondary N) is 1. The maximum atomic E-state index is 13.8. The van der Waals surface area contributed by atoms with Gasteiger partial charge in [0.05, 0.1) is 23.1 Å². The van der Waals surface area contributed by atoms with E-state index in [-0.39, 0.29) is 11.6 Å². The fourth-order valence-corrected chi connectivity index (χ4v) is 2.54. The number of carbonyl (C=O) groups excluding carboxylic acids is 1. The van der Waals surface area contributed by atoms with Crippen LogP contribution in [0.4, 0.5) is 20.2 Å². The van der Waals surface area contributed by atoms with Crippen molar-refractivity contribution < 1.29 is 13.6 Å². The number of hydrogen-bond acceptors (Lipinski definition) is 4. The summed E-state index contributed by atoms with van der Waals surface area (Å²) in [5.41, 5.74) is 2.01. The van der Waals surface area contributed by atoms with Crippen molar-refractivity contribution in [2.75, 3.05) is 18.9 Å². The molecule has 1 amide bonds. The predicted molar refractivity (Wildman–Crippen MR) is 98.8 cm³/mol. The molecule has 2 aromatic heterocycles. The number of carbonyl (C=O) groups is 1. The molecule has 1 N–H and O–H groups in total. The van der Waals surface area contributed by atoms with Crippen LogP contribution < -0.4 is 5.32 Å². The molecule has 0 saturated carbocycles. The second-order valence-corrected chi connectivity index (χ2v) is 6.04. The van der Waals surface area contributed by atoms with Crippen molar-refractivity contribution in [1.29, 1.82) is 0 Å². The first-order valence-electron chi connectivity index (χ1n) is 8.34. The molecule has 0 aliphatic carbocycles. The van der Waals surface area contributed by atoms with E-state index in [1.165, 1.54) is 18.5 Å². The van der Waals surface area contributed by atoms with Gasteiger partial charge in [-0.25, -0.2) is 8.78 Å². The molecule has 0 radical (unpaired) electrons. The third-order valence-corrected chi connectivity index (χ3v) is 4.03. The van der Waals surface area contributed by atoms with E-state index in [2.05, 4.69) is 15.3 Å². The fraction of sp³-hybridized carbons (Fsp3) is 0.150. The molecule has 0 aliphatic heterocycles. The van der Waals surface area contributed by atoms with E-state index in [4.69, 9.17) is 0 Å². The van der Waals surface area contributed by atoms with Crippen LogP contribution in [0.1, 0.15) is 15.9 Å². The van der Waals surface area contributed by atoms with Crippen LogP contribution in [0.25, 0.3) is 0 Å². The van der Waals surface area contributed by atoms with Gasteiger partial charge >= 0.3 is 0 Å². The van der Waals surface area contributed by atoms with Crippen LogP contribution in [-0.4, -0.2) is 34.4 Å². The van der Waals surface area contributed by atoms with E-state index in [0.717, 1.165) is 17.7 Å². The Morgan fingerprint density at radius 2 is 1.85 bits per heavy atom. The molecule has 1 aromatic carbocycles. The third kappa shape index (κ3) is 4.84. The lowest BCUT2D eigenvalue weighted by Gasteiger charge is -2.17. The number of hydrogen-bond donors (Lipinski definition) is 1. The summed E-state index contributed by atoms with van der Waals surface area (Å²) in [5, 5.41) is 2.81. The minimum atomic E-state index is -0.721. The first-order chi connectivity index (χ1) is 13.0. The van der Waals surface area contributed by atoms with Crippen molar-refractivity contribution in [3.05, 3.63) is 83.9 Å². The summed E-state index contributed by atoms with van der Waals surface area (Å²) in [6.07, 6.45) is 7.06. The van der Waals surface area contributed by atoms with Crippen LogP contribution in [0.3, 0.4) is 0 Å². The second-order valence-electron chi connectivity index (χ2n) is 6.04. The monoisotopic (exact) mass is 368 g/mol. The van der Waals surface area contributed by atoms with Crippen molar-refractivity contribution in [3.63, 3.8) is 0 Å². The maximum absolute atomic E-state index is 13.8. The molecule has 0 atom stereocenters.